The summed E-state index contributed by atoms with van der Waals surface area (Å²) in [6.45, 7) is 7.08. The van der Waals surface area contributed by atoms with E-state index in [0.29, 0.717) is 30.0 Å². The van der Waals surface area contributed by atoms with Crippen molar-refractivity contribution in [3.8, 4) is 11.5 Å². The molecule has 156 valence electrons. The van der Waals surface area contributed by atoms with Crippen LogP contribution in [0.2, 0.25) is 0 Å². The van der Waals surface area contributed by atoms with Gasteiger partial charge in [-0.2, -0.15) is 0 Å². The molecule has 3 heterocycles. The number of benzene rings is 1. The zero-order chi connectivity index (χ0) is 20.2. The number of rotatable bonds is 6. The first kappa shape index (κ1) is 20.0. The first-order chi connectivity index (χ1) is 14.1. The summed E-state index contributed by atoms with van der Waals surface area (Å²) in [6.07, 6.45) is 2.84. The molecule has 2 aliphatic rings. The summed E-state index contributed by atoms with van der Waals surface area (Å²) in [5.41, 5.74) is 1.11. The first-order valence-corrected chi connectivity index (χ1v) is 11.2. The van der Waals surface area contributed by atoms with Gasteiger partial charge in [-0.05, 0) is 46.9 Å². The molecule has 1 amide bonds. The molecule has 0 saturated carbocycles. The minimum atomic E-state index is 0.0758. The molecule has 1 atom stereocenters. The van der Waals surface area contributed by atoms with Crippen LogP contribution in [0.5, 0.6) is 11.5 Å². The third-order valence-electron chi connectivity index (χ3n) is 5.09. The van der Waals surface area contributed by atoms with Gasteiger partial charge in [0.1, 0.15) is 0 Å². The fourth-order valence-electron chi connectivity index (χ4n) is 3.77. The van der Waals surface area contributed by atoms with Crippen LogP contribution in [0.15, 0.2) is 23.4 Å². The van der Waals surface area contributed by atoms with E-state index in [-0.39, 0.29) is 11.9 Å². The Hall–Kier alpha value is -2.29. The van der Waals surface area contributed by atoms with Gasteiger partial charge in [0.05, 0.1) is 25.0 Å². The van der Waals surface area contributed by atoms with E-state index >= 15 is 0 Å². The summed E-state index contributed by atoms with van der Waals surface area (Å²) in [7, 11) is 0. The van der Waals surface area contributed by atoms with E-state index in [2.05, 4.69) is 35.4 Å². The molecule has 1 fully saturated rings. The van der Waals surface area contributed by atoms with Crippen molar-refractivity contribution < 1.29 is 14.3 Å². The van der Waals surface area contributed by atoms with Gasteiger partial charge < -0.3 is 14.4 Å². The number of nitrogens with zero attached hydrogens (tertiary/aromatic N) is 5. The van der Waals surface area contributed by atoms with Crippen molar-refractivity contribution >= 4 is 17.7 Å². The molecule has 4 rings (SSSR count). The van der Waals surface area contributed by atoms with Crippen molar-refractivity contribution in [3.05, 3.63) is 23.8 Å². The van der Waals surface area contributed by atoms with Crippen LogP contribution < -0.4 is 9.47 Å². The number of amides is 1. The molecule has 0 spiro atoms. The minimum absolute atomic E-state index is 0.0758. The van der Waals surface area contributed by atoms with Gasteiger partial charge >= 0.3 is 0 Å². The largest absolute Gasteiger partial charge is 0.490 e. The zero-order valence-corrected chi connectivity index (χ0v) is 17.7. The summed E-state index contributed by atoms with van der Waals surface area (Å²) in [6, 6.07) is 6.13. The van der Waals surface area contributed by atoms with Crippen molar-refractivity contribution in [2.24, 2.45) is 5.92 Å². The fourth-order valence-corrected chi connectivity index (χ4v) is 4.54. The lowest BCUT2D eigenvalue weighted by Gasteiger charge is -2.25. The van der Waals surface area contributed by atoms with Gasteiger partial charge in [-0.15, -0.1) is 5.10 Å². The van der Waals surface area contributed by atoms with E-state index in [4.69, 9.17) is 9.47 Å². The predicted molar refractivity (Wildman–Crippen MR) is 109 cm³/mol. The maximum absolute atomic E-state index is 13.0. The van der Waals surface area contributed by atoms with Crippen LogP contribution in [0.4, 0.5) is 0 Å². The van der Waals surface area contributed by atoms with Crippen LogP contribution in [-0.4, -0.2) is 56.5 Å². The Balaban J connectivity index is 1.42. The molecule has 29 heavy (non-hydrogen) atoms. The number of carbonyl (C=O) groups is 1. The van der Waals surface area contributed by atoms with Crippen molar-refractivity contribution in [3.63, 3.8) is 0 Å². The van der Waals surface area contributed by atoms with Crippen molar-refractivity contribution in [2.75, 3.05) is 25.5 Å². The number of hydrogen-bond acceptors (Lipinski definition) is 7. The molecule has 1 saturated heterocycles. The Morgan fingerprint density at radius 1 is 1.24 bits per heavy atom. The number of fused-ring (bicyclic) bond motifs is 1. The molecule has 0 radical (unpaired) electrons. The second kappa shape index (κ2) is 9.02. The highest BCUT2D eigenvalue weighted by Crippen LogP contribution is 2.38. The van der Waals surface area contributed by atoms with Crippen LogP contribution in [0.3, 0.4) is 0 Å². The topological polar surface area (TPSA) is 82.4 Å². The Labute approximate surface area is 174 Å². The maximum Gasteiger partial charge on any atom is 0.233 e. The van der Waals surface area contributed by atoms with Gasteiger partial charge in [0.25, 0.3) is 0 Å². The molecule has 1 aromatic carbocycles. The smallest absolute Gasteiger partial charge is 0.233 e. The van der Waals surface area contributed by atoms with Crippen molar-refractivity contribution in [2.45, 2.75) is 50.9 Å². The molecule has 0 bridgehead atoms. The average Bonchev–Trinajstić information content (AvgIpc) is 3.29. The molecule has 8 nitrogen and oxygen atoms in total. The molecule has 9 heteroatoms. The standard InChI is InChI=1S/C20H27N5O3S/c1-14(2)12-25-20(21-22-23-25)29-13-19(26)24-8-3-5-16(24)15-6-7-17-18(11-15)28-10-4-9-27-17/h6-7,11,14,16H,3-5,8-10,12-13H2,1-2H3. The number of aromatic nitrogens is 4. The van der Waals surface area contributed by atoms with Crippen LogP contribution in [0.1, 0.15) is 44.7 Å². The molecule has 1 aromatic heterocycles. The Morgan fingerprint density at radius 3 is 2.90 bits per heavy atom. The summed E-state index contributed by atoms with van der Waals surface area (Å²) >= 11 is 1.40. The summed E-state index contributed by atoms with van der Waals surface area (Å²) in [5, 5.41) is 12.5. The van der Waals surface area contributed by atoms with Gasteiger partial charge in [0.15, 0.2) is 11.5 Å². The number of carbonyl (C=O) groups excluding carboxylic acids is 1. The van der Waals surface area contributed by atoms with Crippen LogP contribution in [0.25, 0.3) is 0 Å². The van der Waals surface area contributed by atoms with E-state index in [1.807, 2.05) is 17.0 Å². The third kappa shape index (κ3) is 4.66. The predicted octanol–water partition coefficient (Wildman–Crippen LogP) is 2.95. The van der Waals surface area contributed by atoms with Gasteiger partial charge in [-0.1, -0.05) is 31.7 Å². The molecule has 2 aliphatic heterocycles. The van der Waals surface area contributed by atoms with Gasteiger partial charge in [-0.3, -0.25) is 4.79 Å². The number of ether oxygens (including phenoxy) is 2. The summed E-state index contributed by atoms with van der Waals surface area (Å²) < 4.78 is 13.3. The number of tetrazole rings is 1. The lowest BCUT2D eigenvalue weighted by Crippen LogP contribution is -2.32. The van der Waals surface area contributed by atoms with E-state index < -0.39 is 0 Å². The van der Waals surface area contributed by atoms with Crippen LogP contribution in [-0.2, 0) is 11.3 Å². The SMILES string of the molecule is CC(C)Cn1nnnc1SCC(=O)N1CCCC1c1ccc2c(c1)OCCCO2. The molecular weight excluding hydrogens is 390 g/mol. The van der Waals surface area contributed by atoms with Gasteiger partial charge in [0, 0.05) is 19.5 Å². The number of hydrogen-bond donors (Lipinski definition) is 0. The van der Waals surface area contributed by atoms with E-state index in [9.17, 15) is 4.79 Å². The highest BCUT2D eigenvalue weighted by Gasteiger charge is 2.31. The normalized spacial score (nSPS) is 18.9. The molecule has 2 aromatic rings. The molecular formula is C20H27N5O3S. The van der Waals surface area contributed by atoms with E-state index in [1.54, 1.807) is 4.68 Å². The first-order valence-electron chi connectivity index (χ1n) is 10.2. The van der Waals surface area contributed by atoms with Crippen molar-refractivity contribution in [1.29, 1.82) is 0 Å². The maximum atomic E-state index is 13.0. The quantitative estimate of drug-likeness (QED) is 0.668. The highest BCUT2D eigenvalue weighted by atomic mass is 32.2. The zero-order valence-electron chi connectivity index (χ0n) is 16.9. The van der Waals surface area contributed by atoms with Gasteiger partial charge in [-0.25, -0.2) is 4.68 Å². The highest BCUT2D eigenvalue weighted by molar-refractivity contribution is 7.99. The van der Waals surface area contributed by atoms with Gasteiger partial charge in [0.2, 0.25) is 11.1 Å². The molecule has 0 N–H and O–H groups in total. The molecule has 0 aliphatic carbocycles. The second-order valence-corrected chi connectivity index (χ2v) is 8.77. The summed E-state index contributed by atoms with van der Waals surface area (Å²) in [4.78, 5) is 14.9. The Bertz CT molecular complexity index is 856. The van der Waals surface area contributed by atoms with Crippen LogP contribution >= 0.6 is 11.8 Å². The third-order valence-corrected chi connectivity index (χ3v) is 6.03. The average molecular weight is 418 g/mol. The minimum Gasteiger partial charge on any atom is -0.490 e. The fraction of sp³-hybridized carbons (Fsp3) is 0.600. The monoisotopic (exact) mass is 417 g/mol. The lowest BCUT2D eigenvalue weighted by atomic mass is 10.0. The van der Waals surface area contributed by atoms with Crippen LogP contribution in [0, 0.1) is 5.92 Å². The Morgan fingerprint density at radius 2 is 2.07 bits per heavy atom. The number of likely N-dealkylation sites (tertiary alicyclic amines) is 1. The number of thioether (sulfide) groups is 1. The van der Waals surface area contributed by atoms with E-state index in [1.165, 1.54) is 11.8 Å². The van der Waals surface area contributed by atoms with Crippen molar-refractivity contribution in [1.82, 2.24) is 25.1 Å². The summed E-state index contributed by atoms with van der Waals surface area (Å²) in [5.74, 6) is 2.45. The Kier molecular flexibility index (Phi) is 6.22. The molecule has 1 unspecified atom stereocenters. The lowest BCUT2D eigenvalue weighted by molar-refractivity contribution is -0.129. The van der Waals surface area contributed by atoms with E-state index in [0.717, 1.165) is 49.4 Å². The second-order valence-electron chi connectivity index (χ2n) is 7.83.